The molecule has 0 spiro atoms. The summed E-state index contributed by atoms with van der Waals surface area (Å²) in [6.45, 7) is 3.38. The van der Waals surface area contributed by atoms with Crippen LogP contribution >= 0.6 is 0 Å². The summed E-state index contributed by atoms with van der Waals surface area (Å²) in [5, 5.41) is 0. The van der Waals surface area contributed by atoms with Crippen LogP contribution in [0.5, 0.6) is 0 Å². The summed E-state index contributed by atoms with van der Waals surface area (Å²) in [6.07, 6.45) is 13.0. The first-order chi connectivity index (χ1) is 13.4. The fraction of sp³-hybridized carbons (Fsp3) is 0.480. The Balaban J connectivity index is 1.56. The number of hydrogen-bond donors (Lipinski definition) is 0. The molecule has 2 heteroatoms. The average Bonchev–Trinajstić information content (AvgIpc) is 3.07. The standard InChI is InChI=1S/C25H34N2/c1-2-3-4-5-6-7-8-14-21-27-24-18-13-12-17-23(24)26-25(27)20-19-22-15-10-9-11-16-22/h9-13,15-18H,2-8,14,19-21H2,1H3. The van der Waals surface area contributed by atoms with Crippen molar-refractivity contribution in [3.63, 3.8) is 0 Å². The van der Waals surface area contributed by atoms with Crippen LogP contribution in [0.2, 0.25) is 0 Å². The maximum atomic E-state index is 4.94. The molecule has 0 saturated carbocycles. The van der Waals surface area contributed by atoms with Crippen LogP contribution in [0.3, 0.4) is 0 Å². The molecule has 0 atom stereocenters. The molecule has 2 aromatic carbocycles. The molecule has 0 radical (unpaired) electrons. The zero-order chi connectivity index (χ0) is 18.7. The molecule has 144 valence electrons. The molecule has 0 fully saturated rings. The van der Waals surface area contributed by atoms with Crippen molar-refractivity contribution in [3.8, 4) is 0 Å². The molecule has 0 aliphatic carbocycles. The number of para-hydroxylation sites is 2. The van der Waals surface area contributed by atoms with E-state index in [1.807, 2.05) is 0 Å². The second kappa shape index (κ2) is 10.9. The van der Waals surface area contributed by atoms with E-state index >= 15 is 0 Å². The lowest BCUT2D eigenvalue weighted by Gasteiger charge is -2.10. The Morgan fingerprint density at radius 3 is 2.15 bits per heavy atom. The van der Waals surface area contributed by atoms with E-state index in [-0.39, 0.29) is 0 Å². The second-order valence-corrected chi connectivity index (χ2v) is 7.63. The molecule has 2 nitrogen and oxygen atoms in total. The van der Waals surface area contributed by atoms with Gasteiger partial charge in [0.1, 0.15) is 5.82 Å². The monoisotopic (exact) mass is 362 g/mol. The van der Waals surface area contributed by atoms with Crippen LogP contribution in [-0.4, -0.2) is 9.55 Å². The highest BCUT2D eigenvalue weighted by atomic mass is 15.1. The zero-order valence-corrected chi connectivity index (χ0v) is 16.9. The molecule has 27 heavy (non-hydrogen) atoms. The van der Waals surface area contributed by atoms with Gasteiger partial charge in [-0.15, -0.1) is 0 Å². The molecule has 1 aromatic heterocycles. The van der Waals surface area contributed by atoms with Gasteiger partial charge in [0.2, 0.25) is 0 Å². The molecule has 1 heterocycles. The number of benzene rings is 2. The second-order valence-electron chi connectivity index (χ2n) is 7.63. The maximum Gasteiger partial charge on any atom is 0.110 e. The number of aryl methyl sites for hydroxylation is 3. The zero-order valence-electron chi connectivity index (χ0n) is 16.9. The Morgan fingerprint density at radius 1 is 0.704 bits per heavy atom. The Kier molecular flexibility index (Phi) is 7.95. The third-order valence-corrected chi connectivity index (χ3v) is 5.45. The number of nitrogens with zero attached hydrogens (tertiary/aromatic N) is 2. The van der Waals surface area contributed by atoms with Crippen LogP contribution in [0.1, 0.15) is 69.7 Å². The molecule has 0 unspecified atom stereocenters. The van der Waals surface area contributed by atoms with Crippen molar-refractivity contribution in [2.24, 2.45) is 0 Å². The smallest absolute Gasteiger partial charge is 0.110 e. The third-order valence-electron chi connectivity index (χ3n) is 5.45. The van der Waals surface area contributed by atoms with E-state index in [0.29, 0.717) is 0 Å². The predicted octanol–water partition coefficient (Wildman–Crippen LogP) is 6.96. The molecule has 0 aliphatic heterocycles. The van der Waals surface area contributed by atoms with Crippen molar-refractivity contribution >= 4 is 11.0 Å². The van der Waals surface area contributed by atoms with Gasteiger partial charge in [-0.3, -0.25) is 0 Å². The molecule has 0 saturated heterocycles. The molecular weight excluding hydrogens is 328 g/mol. The normalized spacial score (nSPS) is 11.3. The summed E-state index contributed by atoms with van der Waals surface area (Å²) in [5.41, 5.74) is 3.83. The number of unbranched alkanes of at least 4 members (excludes halogenated alkanes) is 7. The average molecular weight is 363 g/mol. The lowest BCUT2D eigenvalue weighted by atomic mass is 10.1. The highest BCUT2D eigenvalue weighted by Gasteiger charge is 2.10. The van der Waals surface area contributed by atoms with Crippen LogP contribution in [0.4, 0.5) is 0 Å². The summed E-state index contributed by atoms with van der Waals surface area (Å²) in [5.74, 6) is 1.24. The number of aromatic nitrogens is 2. The van der Waals surface area contributed by atoms with Gasteiger partial charge in [0.15, 0.2) is 0 Å². The minimum Gasteiger partial charge on any atom is -0.328 e. The highest BCUT2D eigenvalue weighted by Crippen LogP contribution is 2.19. The third kappa shape index (κ3) is 5.95. The van der Waals surface area contributed by atoms with Gasteiger partial charge in [0.05, 0.1) is 11.0 Å². The molecular formula is C25H34N2. The Morgan fingerprint density at radius 2 is 1.37 bits per heavy atom. The number of rotatable bonds is 12. The van der Waals surface area contributed by atoms with Crippen LogP contribution < -0.4 is 0 Å². The number of hydrogen-bond acceptors (Lipinski definition) is 1. The van der Waals surface area contributed by atoms with E-state index in [0.717, 1.165) is 24.9 Å². The van der Waals surface area contributed by atoms with Gasteiger partial charge in [-0.1, -0.05) is 94.3 Å². The molecule has 0 N–H and O–H groups in total. The van der Waals surface area contributed by atoms with Crippen molar-refractivity contribution in [1.29, 1.82) is 0 Å². The van der Waals surface area contributed by atoms with E-state index in [9.17, 15) is 0 Å². The summed E-state index contributed by atoms with van der Waals surface area (Å²) in [4.78, 5) is 4.94. The summed E-state index contributed by atoms with van der Waals surface area (Å²) < 4.78 is 2.47. The van der Waals surface area contributed by atoms with Crippen molar-refractivity contribution in [1.82, 2.24) is 9.55 Å². The van der Waals surface area contributed by atoms with E-state index in [1.54, 1.807) is 0 Å². The molecule has 0 bridgehead atoms. The fourth-order valence-electron chi connectivity index (χ4n) is 3.87. The quantitative estimate of drug-likeness (QED) is 0.318. The topological polar surface area (TPSA) is 17.8 Å². The number of fused-ring (bicyclic) bond motifs is 1. The molecule has 0 aliphatic rings. The minimum atomic E-state index is 1.01. The number of imidazole rings is 1. The van der Waals surface area contributed by atoms with Crippen molar-refractivity contribution in [2.75, 3.05) is 0 Å². The van der Waals surface area contributed by atoms with Gasteiger partial charge in [-0.05, 0) is 30.5 Å². The maximum absolute atomic E-state index is 4.94. The summed E-state index contributed by atoms with van der Waals surface area (Å²) in [7, 11) is 0. The largest absolute Gasteiger partial charge is 0.328 e. The van der Waals surface area contributed by atoms with E-state index in [2.05, 4.69) is 66.1 Å². The molecule has 3 aromatic rings. The Hall–Kier alpha value is -2.09. The highest BCUT2D eigenvalue weighted by molar-refractivity contribution is 5.75. The summed E-state index contributed by atoms with van der Waals surface area (Å²) >= 11 is 0. The Labute approximate surface area is 164 Å². The van der Waals surface area contributed by atoms with Crippen LogP contribution in [0, 0.1) is 0 Å². The van der Waals surface area contributed by atoms with Gasteiger partial charge >= 0.3 is 0 Å². The molecule has 0 amide bonds. The first-order valence-corrected chi connectivity index (χ1v) is 10.9. The van der Waals surface area contributed by atoms with Gasteiger partial charge in [0.25, 0.3) is 0 Å². The predicted molar refractivity (Wildman–Crippen MR) is 116 cm³/mol. The van der Waals surface area contributed by atoms with Gasteiger partial charge < -0.3 is 4.57 Å². The van der Waals surface area contributed by atoms with Gasteiger partial charge in [0, 0.05) is 13.0 Å². The molecule has 3 rings (SSSR count). The Bertz CT molecular complexity index is 788. The van der Waals surface area contributed by atoms with Crippen LogP contribution in [0.15, 0.2) is 54.6 Å². The van der Waals surface area contributed by atoms with E-state index in [4.69, 9.17) is 4.98 Å². The summed E-state index contributed by atoms with van der Waals surface area (Å²) in [6, 6.07) is 19.4. The first-order valence-electron chi connectivity index (χ1n) is 10.9. The SMILES string of the molecule is CCCCCCCCCCn1c(CCc2ccccc2)nc2ccccc21. The first kappa shape index (κ1) is 19.7. The van der Waals surface area contributed by atoms with Gasteiger partial charge in [-0.25, -0.2) is 4.98 Å². The fourth-order valence-corrected chi connectivity index (χ4v) is 3.87. The van der Waals surface area contributed by atoms with Crippen LogP contribution in [0.25, 0.3) is 11.0 Å². The lowest BCUT2D eigenvalue weighted by Crippen LogP contribution is -2.06. The minimum absolute atomic E-state index is 1.01. The lowest BCUT2D eigenvalue weighted by molar-refractivity contribution is 0.540. The van der Waals surface area contributed by atoms with Crippen molar-refractivity contribution in [3.05, 3.63) is 66.0 Å². The van der Waals surface area contributed by atoms with E-state index in [1.165, 1.54) is 68.3 Å². The van der Waals surface area contributed by atoms with E-state index < -0.39 is 0 Å². The van der Waals surface area contributed by atoms with Gasteiger partial charge in [-0.2, -0.15) is 0 Å². The van der Waals surface area contributed by atoms with Crippen LogP contribution in [-0.2, 0) is 19.4 Å². The van der Waals surface area contributed by atoms with Crippen molar-refractivity contribution < 1.29 is 0 Å². The van der Waals surface area contributed by atoms with Crippen molar-refractivity contribution in [2.45, 2.75) is 77.7 Å².